The Hall–Kier alpha value is -0.0400. The quantitative estimate of drug-likeness (QED) is 0.574. The van der Waals surface area contributed by atoms with Crippen molar-refractivity contribution in [2.45, 2.75) is 31.1 Å². The third kappa shape index (κ3) is 1.20. The first kappa shape index (κ1) is 6.66. The summed E-state index contributed by atoms with van der Waals surface area (Å²) in [7, 11) is 0. The lowest BCUT2D eigenvalue weighted by atomic mass is 10.1. The van der Waals surface area contributed by atoms with Crippen LogP contribution in [0.5, 0.6) is 0 Å². The van der Waals surface area contributed by atoms with Gasteiger partial charge in [-0.1, -0.05) is 0 Å². The molecule has 0 radical (unpaired) electrons. The van der Waals surface area contributed by atoms with E-state index >= 15 is 0 Å². The van der Waals surface area contributed by atoms with E-state index in [9.17, 15) is 4.79 Å². The van der Waals surface area contributed by atoms with Gasteiger partial charge in [-0.05, 0) is 31.6 Å². The smallest absolute Gasteiger partial charge is 0.154 e. The van der Waals surface area contributed by atoms with Gasteiger partial charge in [-0.2, -0.15) is 0 Å². The van der Waals surface area contributed by atoms with Crippen LogP contribution in [0, 0.1) is 11.8 Å². The molecule has 2 fully saturated rings. The van der Waals surface area contributed by atoms with Crippen molar-refractivity contribution in [1.82, 2.24) is 0 Å². The van der Waals surface area contributed by atoms with Crippen LogP contribution in [0.1, 0.15) is 25.7 Å². The van der Waals surface area contributed by atoms with Crippen LogP contribution < -0.4 is 0 Å². The molecule has 0 aromatic rings. The van der Waals surface area contributed by atoms with E-state index in [1.807, 2.05) is 0 Å². The Labute approximate surface area is 65.7 Å². The molecule has 0 aromatic carbocycles. The fourth-order valence-electron chi connectivity index (χ4n) is 1.21. The highest BCUT2D eigenvalue weighted by Crippen LogP contribution is 2.41. The third-order valence-electron chi connectivity index (χ3n) is 2.29. The van der Waals surface area contributed by atoms with Crippen molar-refractivity contribution < 1.29 is 4.79 Å². The van der Waals surface area contributed by atoms with E-state index < -0.39 is 0 Å². The molecule has 2 saturated carbocycles. The molecule has 0 spiro atoms. The van der Waals surface area contributed by atoms with E-state index in [1.54, 1.807) is 0 Å². The molecule has 2 aliphatic rings. The van der Waals surface area contributed by atoms with Gasteiger partial charge >= 0.3 is 0 Å². The predicted molar refractivity (Wildman–Crippen MR) is 40.1 cm³/mol. The van der Waals surface area contributed by atoms with Crippen molar-refractivity contribution in [3.63, 3.8) is 0 Å². The standard InChI is InChI=1S/C8H11ClO/c9-7(5-1-2-5)8(10)6-3-4-6/h5-7H,1-4H2. The van der Waals surface area contributed by atoms with Gasteiger partial charge in [0.1, 0.15) is 0 Å². The Morgan fingerprint density at radius 2 is 1.90 bits per heavy atom. The Morgan fingerprint density at radius 1 is 1.30 bits per heavy atom. The van der Waals surface area contributed by atoms with Gasteiger partial charge in [0.2, 0.25) is 0 Å². The summed E-state index contributed by atoms with van der Waals surface area (Å²) in [5.41, 5.74) is 0. The van der Waals surface area contributed by atoms with Crippen molar-refractivity contribution >= 4 is 17.4 Å². The lowest BCUT2D eigenvalue weighted by molar-refractivity contribution is -0.120. The average Bonchev–Trinajstić information content (AvgIpc) is 2.73. The first-order valence-electron chi connectivity index (χ1n) is 3.97. The van der Waals surface area contributed by atoms with E-state index in [0.29, 0.717) is 17.6 Å². The summed E-state index contributed by atoms with van der Waals surface area (Å²) in [6, 6.07) is 0. The number of carbonyl (C=O) groups excluding carboxylic acids is 1. The molecular weight excluding hydrogens is 148 g/mol. The molecular formula is C8H11ClO. The predicted octanol–water partition coefficient (Wildman–Crippen LogP) is 1.98. The van der Waals surface area contributed by atoms with Crippen LogP contribution in [-0.2, 0) is 4.79 Å². The zero-order valence-electron chi connectivity index (χ0n) is 5.85. The van der Waals surface area contributed by atoms with Gasteiger partial charge in [-0.3, -0.25) is 4.79 Å². The van der Waals surface area contributed by atoms with Crippen LogP contribution in [0.2, 0.25) is 0 Å². The summed E-state index contributed by atoms with van der Waals surface area (Å²) in [6.45, 7) is 0. The SMILES string of the molecule is O=C(C1CC1)C(Cl)C1CC1. The third-order valence-corrected chi connectivity index (χ3v) is 2.86. The van der Waals surface area contributed by atoms with Crippen LogP contribution in [0.4, 0.5) is 0 Å². The number of halogens is 1. The molecule has 2 rings (SSSR count). The highest BCUT2D eigenvalue weighted by Gasteiger charge is 2.41. The zero-order chi connectivity index (χ0) is 7.14. The maximum Gasteiger partial charge on any atom is 0.154 e. The van der Waals surface area contributed by atoms with Crippen LogP contribution in [0.25, 0.3) is 0 Å². The molecule has 0 heterocycles. The van der Waals surface area contributed by atoms with Crippen molar-refractivity contribution in [3.05, 3.63) is 0 Å². The second-order valence-electron chi connectivity index (χ2n) is 3.42. The lowest BCUT2D eigenvalue weighted by Gasteiger charge is -2.03. The van der Waals surface area contributed by atoms with Gasteiger partial charge in [0.15, 0.2) is 5.78 Å². The number of hydrogen-bond donors (Lipinski definition) is 0. The molecule has 0 N–H and O–H groups in total. The van der Waals surface area contributed by atoms with E-state index in [0.717, 1.165) is 12.8 Å². The molecule has 0 aromatic heterocycles. The minimum Gasteiger partial charge on any atom is -0.298 e. The molecule has 0 saturated heterocycles. The number of hydrogen-bond acceptors (Lipinski definition) is 1. The molecule has 2 aliphatic carbocycles. The van der Waals surface area contributed by atoms with Crippen molar-refractivity contribution in [2.24, 2.45) is 11.8 Å². The number of Topliss-reactive ketones (excluding diaryl/α,β-unsaturated/α-hetero) is 1. The maximum absolute atomic E-state index is 11.3. The van der Waals surface area contributed by atoms with Crippen molar-refractivity contribution in [3.8, 4) is 0 Å². The van der Waals surface area contributed by atoms with Gasteiger partial charge in [0.05, 0.1) is 5.38 Å². The van der Waals surface area contributed by atoms with Crippen molar-refractivity contribution in [2.75, 3.05) is 0 Å². The summed E-state index contributed by atoms with van der Waals surface area (Å²) in [5, 5.41) is -0.132. The Morgan fingerprint density at radius 3 is 2.30 bits per heavy atom. The van der Waals surface area contributed by atoms with Crippen LogP contribution in [0.15, 0.2) is 0 Å². The van der Waals surface area contributed by atoms with Gasteiger partial charge in [-0.15, -0.1) is 11.6 Å². The van der Waals surface area contributed by atoms with Crippen LogP contribution >= 0.6 is 11.6 Å². The second-order valence-corrected chi connectivity index (χ2v) is 3.89. The monoisotopic (exact) mass is 158 g/mol. The van der Waals surface area contributed by atoms with E-state index in [2.05, 4.69) is 0 Å². The average molecular weight is 159 g/mol. The molecule has 1 atom stereocenters. The Balaban J connectivity index is 1.89. The number of alkyl halides is 1. The van der Waals surface area contributed by atoms with E-state index in [4.69, 9.17) is 11.6 Å². The molecule has 1 nitrogen and oxygen atoms in total. The Kier molecular flexibility index (Phi) is 1.48. The molecule has 0 bridgehead atoms. The van der Waals surface area contributed by atoms with E-state index in [-0.39, 0.29) is 5.38 Å². The molecule has 0 amide bonds. The van der Waals surface area contributed by atoms with Gasteiger partial charge in [0.25, 0.3) is 0 Å². The first-order valence-corrected chi connectivity index (χ1v) is 4.40. The molecule has 10 heavy (non-hydrogen) atoms. The Bertz CT molecular complexity index is 159. The summed E-state index contributed by atoms with van der Waals surface area (Å²) >= 11 is 5.91. The molecule has 2 heteroatoms. The van der Waals surface area contributed by atoms with Gasteiger partial charge in [-0.25, -0.2) is 0 Å². The minimum atomic E-state index is -0.132. The minimum absolute atomic E-state index is 0.132. The maximum atomic E-state index is 11.3. The fourth-order valence-corrected chi connectivity index (χ4v) is 1.64. The normalized spacial score (nSPS) is 28.1. The summed E-state index contributed by atoms with van der Waals surface area (Å²) in [5.74, 6) is 1.21. The number of carbonyl (C=O) groups is 1. The van der Waals surface area contributed by atoms with Gasteiger partial charge < -0.3 is 0 Å². The summed E-state index contributed by atoms with van der Waals surface area (Å²) < 4.78 is 0. The number of rotatable bonds is 3. The largest absolute Gasteiger partial charge is 0.298 e. The lowest BCUT2D eigenvalue weighted by Crippen LogP contribution is -2.17. The van der Waals surface area contributed by atoms with Crippen LogP contribution in [-0.4, -0.2) is 11.2 Å². The highest BCUT2D eigenvalue weighted by molar-refractivity contribution is 6.32. The fraction of sp³-hybridized carbons (Fsp3) is 0.875. The van der Waals surface area contributed by atoms with E-state index in [1.165, 1.54) is 12.8 Å². The summed E-state index contributed by atoms with van der Waals surface area (Å²) in [4.78, 5) is 11.3. The second kappa shape index (κ2) is 2.23. The highest BCUT2D eigenvalue weighted by atomic mass is 35.5. The molecule has 1 unspecified atom stereocenters. The number of ketones is 1. The van der Waals surface area contributed by atoms with Crippen molar-refractivity contribution in [1.29, 1.82) is 0 Å². The molecule has 0 aliphatic heterocycles. The summed E-state index contributed by atoms with van der Waals surface area (Å²) in [6.07, 6.45) is 4.53. The topological polar surface area (TPSA) is 17.1 Å². The van der Waals surface area contributed by atoms with Gasteiger partial charge in [0, 0.05) is 5.92 Å². The first-order chi connectivity index (χ1) is 4.79. The zero-order valence-corrected chi connectivity index (χ0v) is 6.60. The molecule has 56 valence electrons. The van der Waals surface area contributed by atoms with Crippen LogP contribution in [0.3, 0.4) is 0 Å².